The molecule has 1 aromatic carbocycles. The number of likely N-dealkylation sites (N-methyl/N-ethyl adjacent to an activating group) is 1. The Bertz CT molecular complexity index is 463. The van der Waals surface area contributed by atoms with E-state index in [1.807, 2.05) is 38.2 Å². The number of ether oxygens (including phenoxy) is 1. The minimum absolute atomic E-state index is 0. The molecule has 1 atom stereocenters. The van der Waals surface area contributed by atoms with Crippen molar-refractivity contribution in [2.75, 3.05) is 27.2 Å². The fourth-order valence-corrected chi connectivity index (χ4v) is 2.17. The molecule has 120 valence electrons. The van der Waals surface area contributed by atoms with E-state index in [1.165, 1.54) is 0 Å². The highest BCUT2D eigenvalue weighted by atomic mass is 35.5. The molecule has 0 aromatic heterocycles. The molecule has 1 aromatic rings. The number of nitrogens with zero attached hydrogens (tertiary/aromatic N) is 1. The summed E-state index contributed by atoms with van der Waals surface area (Å²) in [4.78, 5) is 14.2. The molecule has 0 heterocycles. The number of rotatable bonds is 6. The lowest BCUT2D eigenvalue weighted by molar-refractivity contribution is -0.132. The van der Waals surface area contributed by atoms with E-state index in [2.05, 4.69) is 13.8 Å². The Hall–Kier alpha value is -1.26. The number of methoxy groups -OCH3 is 1. The number of benzene rings is 1. The Morgan fingerprint density at radius 1 is 1.43 bits per heavy atom. The van der Waals surface area contributed by atoms with E-state index < -0.39 is 0 Å². The number of nitrogens with two attached hydrogens (primary N) is 1. The van der Waals surface area contributed by atoms with Crippen molar-refractivity contribution >= 4 is 18.3 Å². The minimum Gasteiger partial charge on any atom is -0.497 e. The monoisotopic (exact) mass is 314 g/mol. The lowest BCUT2D eigenvalue weighted by Gasteiger charge is -2.30. The molecule has 0 spiro atoms. The summed E-state index contributed by atoms with van der Waals surface area (Å²) in [5, 5.41) is 0. The van der Waals surface area contributed by atoms with Crippen LogP contribution in [0.4, 0.5) is 0 Å². The van der Waals surface area contributed by atoms with Gasteiger partial charge < -0.3 is 15.4 Å². The van der Waals surface area contributed by atoms with Crippen LogP contribution in [0, 0.1) is 5.41 Å². The average Bonchev–Trinajstić information content (AvgIpc) is 2.45. The van der Waals surface area contributed by atoms with Crippen LogP contribution in [0.3, 0.4) is 0 Å². The lowest BCUT2D eigenvalue weighted by atomic mass is 9.92. The van der Waals surface area contributed by atoms with Gasteiger partial charge >= 0.3 is 0 Å². The van der Waals surface area contributed by atoms with E-state index in [0.717, 1.165) is 11.3 Å². The maximum atomic E-state index is 12.5. The SMILES string of the molecule is COc1cccc(C(C)C(=O)N(C)CC(C)(C)CN)c1.Cl. The predicted molar refractivity (Wildman–Crippen MR) is 89.1 cm³/mol. The van der Waals surface area contributed by atoms with E-state index in [1.54, 1.807) is 12.0 Å². The number of amides is 1. The molecule has 1 rings (SSSR count). The molecule has 0 bridgehead atoms. The van der Waals surface area contributed by atoms with Gasteiger partial charge in [0.25, 0.3) is 0 Å². The number of carbonyl (C=O) groups is 1. The fourth-order valence-electron chi connectivity index (χ4n) is 2.17. The second-order valence-corrected chi connectivity index (χ2v) is 6.06. The van der Waals surface area contributed by atoms with Crippen LogP contribution in [-0.4, -0.2) is 38.1 Å². The summed E-state index contributed by atoms with van der Waals surface area (Å²) in [5.41, 5.74) is 6.62. The molecule has 0 fully saturated rings. The maximum Gasteiger partial charge on any atom is 0.229 e. The highest BCUT2D eigenvalue weighted by Crippen LogP contribution is 2.23. The largest absolute Gasteiger partial charge is 0.497 e. The fraction of sp³-hybridized carbons (Fsp3) is 0.562. The van der Waals surface area contributed by atoms with Crippen LogP contribution < -0.4 is 10.5 Å². The van der Waals surface area contributed by atoms with Gasteiger partial charge in [0, 0.05) is 13.6 Å². The summed E-state index contributed by atoms with van der Waals surface area (Å²) >= 11 is 0. The van der Waals surface area contributed by atoms with Gasteiger partial charge in [0.15, 0.2) is 0 Å². The summed E-state index contributed by atoms with van der Waals surface area (Å²) in [6.07, 6.45) is 0. The second-order valence-electron chi connectivity index (χ2n) is 6.06. The smallest absolute Gasteiger partial charge is 0.229 e. The van der Waals surface area contributed by atoms with Crippen LogP contribution in [0.15, 0.2) is 24.3 Å². The summed E-state index contributed by atoms with van der Waals surface area (Å²) in [6, 6.07) is 7.64. The van der Waals surface area contributed by atoms with Crippen LogP contribution in [0.1, 0.15) is 32.3 Å². The molecule has 1 amide bonds. The van der Waals surface area contributed by atoms with Crippen molar-refractivity contribution in [2.24, 2.45) is 11.1 Å². The Morgan fingerprint density at radius 3 is 2.57 bits per heavy atom. The van der Waals surface area contributed by atoms with Crippen LogP contribution in [0.5, 0.6) is 5.75 Å². The highest BCUT2D eigenvalue weighted by molar-refractivity contribution is 5.85. The van der Waals surface area contributed by atoms with Crippen LogP contribution in [-0.2, 0) is 4.79 Å². The quantitative estimate of drug-likeness (QED) is 0.878. The third-order valence-electron chi connectivity index (χ3n) is 3.56. The predicted octanol–water partition coefficient (Wildman–Crippen LogP) is 2.66. The molecule has 0 saturated carbocycles. The van der Waals surface area contributed by atoms with Gasteiger partial charge in [-0.05, 0) is 36.6 Å². The summed E-state index contributed by atoms with van der Waals surface area (Å²) in [7, 11) is 3.46. The van der Waals surface area contributed by atoms with Gasteiger partial charge in [-0.25, -0.2) is 0 Å². The van der Waals surface area contributed by atoms with Crippen LogP contribution >= 0.6 is 12.4 Å². The van der Waals surface area contributed by atoms with E-state index in [0.29, 0.717) is 13.1 Å². The topological polar surface area (TPSA) is 55.6 Å². The molecule has 2 N–H and O–H groups in total. The van der Waals surface area contributed by atoms with Gasteiger partial charge in [0.1, 0.15) is 5.75 Å². The van der Waals surface area contributed by atoms with E-state index in [4.69, 9.17) is 10.5 Å². The van der Waals surface area contributed by atoms with Gasteiger partial charge in [-0.15, -0.1) is 12.4 Å². The standard InChI is InChI=1S/C16H26N2O2.ClH/c1-12(13-7-6-8-14(9-13)20-5)15(19)18(4)11-16(2,3)10-17;/h6-9,12H,10-11,17H2,1-5H3;1H. The van der Waals surface area contributed by atoms with E-state index in [-0.39, 0.29) is 29.6 Å². The molecular formula is C16H27ClN2O2. The van der Waals surface area contributed by atoms with Crippen molar-refractivity contribution in [1.82, 2.24) is 4.90 Å². The van der Waals surface area contributed by atoms with Gasteiger partial charge in [-0.1, -0.05) is 26.0 Å². The first-order valence-electron chi connectivity index (χ1n) is 6.89. The number of halogens is 1. The normalized spacial score (nSPS) is 12.3. The molecule has 0 aliphatic rings. The molecule has 1 unspecified atom stereocenters. The molecule has 0 radical (unpaired) electrons. The third-order valence-corrected chi connectivity index (χ3v) is 3.56. The minimum atomic E-state index is -0.191. The zero-order chi connectivity index (χ0) is 15.3. The molecule has 0 aliphatic carbocycles. The molecule has 5 heteroatoms. The number of hydrogen-bond donors (Lipinski definition) is 1. The van der Waals surface area contributed by atoms with Gasteiger partial charge in [-0.3, -0.25) is 4.79 Å². The number of carbonyl (C=O) groups excluding carboxylic acids is 1. The van der Waals surface area contributed by atoms with Crippen molar-refractivity contribution in [3.8, 4) is 5.75 Å². The lowest BCUT2D eigenvalue weighted by Crippen LogP contribution is -2.41. The first-order valence-corrected chi connectivity index (χ1v) is 6.89. The van der Waals surface area contributed by atoms with Gasteiger partial charge in [0.2, 0.25) is 5.91 Å². The Balaban J connectivity index is 0.00000400. The maximum absolute atomic E-state index is 12.5. The van der Waals surface area contributed by atoms with Crippen molar-refractivity contribution in [3.63, 3.8) is 0 Å². The first kappa shape index (κ1) is 19.7. The Kier molecular flexibility index (Phi) is 7.75. The van der Waals surface area contributed by atoms with Gasteiger partial charge in [-0.2, -0.15) is 0 Å². The summed E-state index contributed by atoms with van der Waals surface area (Å²) in [6.45, 7) is 7.25. The molecule has 0 saturated heterocycles. The van der Waals surface area contributed by atoms with Crippen molar-refractivity contribution < 1.29 is 9.53 Å². The van der Waals surface area contributed by atoms with Crippen molar-refractivity contribution in [2.45, 2.75) is 26.7 Å². The van der Waals surface area contributed by atoms with Crippen LogP contribution in [0.2, 0.25) is 0 Å². The van der Waals surface area contributed by atoms with Crippen molar-refractivity contribution in [1.29, 1.82) is 0 Å². The highest BCUT2D eigenvalue weighted by Gasteiger charge is 2.25. The Morgan fingerprint density at radius 2 is 2.05 bits per heavy atom. The van der Waals surface area contributed by atoms with Crippen LogP contribution in [0.25, 0.3) is 0 Å². The zero-order valence-corrected chi connectivity index (χ0v) is 14.4. The molecule has 21 heavy (non-hydrogen) atoms. The zero-order valence-electron chi connectivity index (χ0n) is 13.6. The molecular weight excluding hydrogens is 288 g/mol. The third kappa shape index (κ3) is 5.56. The molecule has 0 aliphatic heterocycles. The van der Waals surface area contributed by atoms with E-state index in [9.17, 15) is 4.79 Å². The van der Waals surface area contributed by atoms with Crippen molar-refractivity contribution in [3.05, 3.63) is 29.8 Å². The summed E-state index contributed by atoms with van der Waals surface area (Å²) in [5.74, 6) is 0.676. The number of hydrogen-bond acceptors (Lipinski definition) is 3. The first-order chi connectivity index (χ1) is 9.30. The second kappa shape index (κ2) is 8.25. The molecule has 4 nitrogen and oxygen atoms in total. The summed E-state index contributed by atoms with van der Waals surface area (Å²) < 4.78 is 5.20. The Labute approximate surface area is 134 Å². The average molecular weight is 315 g/mol. The van der Waals surface area contributed by atoms with Gasteiger partial charge in [0.05, 0.1) is 13.0 Å². The van der Waals surface area contributed by atoms with E-state index >= 15 is 0 Å².